The third-order valence-electron chi connectivity index (χ3n) is 2.40. The van der Waals surface area contributed by atoms with Crippen LogP contribution in [-0.4, -0.2) is 16.7 Å². The van der Waals surface area contributed by atoms with E-state index in [1.807, 2.05) is 0 Å². The molecule has 3 nitrogen and oxygen atoms in total. The Morgan fingerprint density at radius 1 is 1.42 bits per heavy atom. The van der Waals surface area contributed by atoms with Crippen LogP contribution < -0.4 is 5.32 Å². The molecule has 0 aliphatic heterocycles. The Labute approximate surface area is 72.6 Å². The van der Waals surface area contributed by atoms with Gasteiger partial charge in [-0.2, -0.15) is 5.10 Å². The summed E-state index contributed by atoms with van der Waals surface area (Å²) < 4.78 is 0. The van der Waals surface area contributed by atoms with Gasteiger partial charge in [0.25, 0.3) is 0 Å². The molecule has 1 aromatic heterocycles. The van der Waals surface area contributed by atoms with Gasteiger partial charge >= 0.3 is 0 Å². The summed E-state index contributed by atoms with van der Waals surface area (Å²) >= 11 is 0. The predicted octanol–water partition coefficient (Wildman–Crippen LogP) is 1.72. The number of aromatic nitrogens is 2. The van der Waals surface area contributed by atoms with E-state index in [4.69, 9.17) is 0 Å². The molecule has 0 spiro atoms. The molecule has 0 amide bonds. The third kappa shape index (κ3) is 1.19. The molecule has 3 heteroatoms. The molecule has 0 atom stereocenters. The summed E-state index contributed by atoms with van der Waals surface area (Å²) in [4.78, 5) is 0. The van der Waals surface area contributed by atoms with Gasteiger partial charge in [-0.05, 0) is 32.6 Å². The van der Waals surface area contributed by atoms with E-state index in [0.29, 0.717) is 0 Å². The zero-order valence-corrected chi connectivity index (χ0v) is 7.48. The fourth-order valence-electron chi connectivity index (χ4n) is 1.79. The van der Waals surface area contributed by atoms with Gasteiger partial charge in [0.15, 0.2) is 5.82 Å². The molecule has 0 fully saturated rings. The van der Waals surface area contributed by atoms with Crippen molar-refractivity contribution < 1.29 is 0 Å². The predicted molar refractivity (Wildman–Crippen MR) is 49.4 cm³/mol. The first-order valence-corrected chi connectivity index (χ1v) is 4.71. The average Bonchev–Trinajstić information content (AvgIpc) is 2.50. The van der Waals surface area contributed by atoms with Gasteiger partial charge in [-0.25, -0.2) is 0 Å². The number of rotatable bonds is 2. The summed E-state index contributed by atoms with van der Waals surface area (Å²) in [7, 11) is 0. The molecule has 1 aliphatic carbocycles. The summed E-state index contributed by atoms with van der Waals surface area (Å²) in [5.41, 5.74) is 2.76. The average molecular weight is 165 g/mol. The molecule has 0 saturated heterocycles. The molecule has 66 valence electrons. The van der Waals surface area contributed by atoms with Gasteiger partial charge in [-0.15, -0.1) is 0 Å². The second kappa shape index (κ2) is 3.17. The molecular weight excluding hydrogens is 150 g/mol. The smallest absolute Gasteiger partial charge is 0.151 e. The fourth-order valence-corrected chi connectivity index (χ4v) is 1.79. The minimum atomic E-state index is 0.956. The van der Waals surface area contributed by atoms with E-state index in [0.717, 1.165) is 12.4 Å². The molecule has 2 N–H and O–H groups in total. The van der Waals surface area contributed by atoms with E-state index in [9.17, 15) is 0 Å². The second-order valence-electron chi connectivity index (χ2n) is 3.27. The monoisotopic (exact) mass is 165 g/mol. The topological polar surface area (TPSA) is 40.7 Å². The highest BCUT2D eigenvalue weighted by Crippen LogP contribution is 2.24. The highest BCUT2D eigenvalue weighted by molar-refractivity contribution is 5.47. The lowest BCUT2D eigenvalue weighted by atomic mass is 9.97. The van der Waals surface area contributed by atoms with Crippen LogP contribution in [0.3, 0.4) is 0 Å². The molecule has 1 aliphatic rings. The van der Waals surface area contributed by atoms with Gasteiger partial charge in [0.2, 0.25) is 0 Å². The highest BCUT2D eigenvalue weighted by Gasteiger charge is 2.15. The first-order valence-electron chi connectivity index (χ1n) is 4.71. The van der Waals surface area contributed by atoms with Crippen LogP contribution in [0.15, 0.2) is 0 Å². The van der Waals surface area contributed by atoms with E-state index < -0.39 is 0 Å². The van der Waals surface area contributed by atoms with Crippen molar-refractivity contribution in [3.63, 3.8) is 0 Å². The van der Waals surface area contributed by atoms with E-state index in [-0.39, 0.29) is 0 Å². The largest absolute Gasteiger partial charge is 0.369 e. The molecule has 0 bridgehead atoms. The normalized spacial score (nSPS) is 15.8. The van der Waals surface area contributed by atoms with Crippen molar-refractivity contribution in [2.45, 2.75) is 32.6 Å². The van der Waals surface area contributed by atoms with Crippen LogP contribution >= 0.6 is 0 Å². The standard InChI is InChI=1S/C9H15N3/c1-2-10-9-7-5-3-4-6-8(7)11-12-9/h2-6H2,1H3,(H2,10,11,12). The van der Waals surface area contributed by atoms with Gasteiger partial charge < -0.3 is 5.32 Å². The zero-order chi connectivity index (χ0) is 8.39. The summed E-state index contributed by atoms with van der Waals surface area (Å²) in [6.07, 6.45) is 4.98. The number of fused-ring (bicyclic) bond motifs is 1. The number of anilines is 1. The number of nitrogens with zero attached hydrogens (tertiary/aromatic N) is 1. The maximum absolute atomic E-state index is 4.25. The van der Waals surface area contributed by atoms with E-state index in [1.165, 1.54) is 36.9 Å². The molecular formula is C9H15N3. The van der Waals surface area contributed by atoms with Crippen LogP contribution in [0.5, 0.6) is 0 Å². The van der Waals surface area contributed by atoms with Crippen LogP contribution in [0.2, 0.25) is 0 Å². The van der Waals surface area contributed by atoms with Gasteiger partial charge in [-0.1, -0.05) is 0 Å². The van der Waals surface area contributed by atoms with Crippen LogP contribution in [-0.2, 0) is 12.8 Å². The number of hydrogen-bond acceptors (Lipinski definition) is 2. The SMILES string of the molecule is CCNc1n[nH]c2c1CCCC2. The van der Waals surface area contributed by atoms with Gasteiger partial charge in [0, 0.05) is 17.8 Å². The summed E-state index contributed by atoms with van der Waals surface area (Å²) in [5, 5.41) is 10.6. The van der Waals surface area contributed by atoms with Crippen LogP contribution in [0.1, 0.15) is 31.0 Å². The van der Waals surface area contributed by atoms with Crippen LogP contribution in [0.25, 0.3) is 0 Å². The number of H-pyrrole nitrogens is 1. The molecule has 1 heterocycles. The van der Waals surface area contributed by atoms with E-state index in [1.54, 1.807) is 0 Å². The van der Waals surface area contributed by atoms with E-state index >= 15 is 0 Å². The Morgan fingerprint density at radius 3 is 3.08 bits per heavy atom. The molecule has 0 unspecified atom stereocenters. The Kier molecular flexibility index (Phi) is 2.02. The maximum atomic E-state index is 4.25. The first-order chi connectivity index (χ1) is 5.92. The van der Waals surface area contributed by atoms with Crippen molar-refractivity contribution in [1.82, 2.24) is 10.2 Å². The van der Waals surface area contributed by atoms with Gasteiger partial charge in [0.1, 0.15) is 0 Å². The number of aromatic amines is 1. The molecule has 0 aromatic carbocycles. The van der Waals surface area contributed by atoms with Gasteiger partial charge in [0.05, 0.1) is 0 Å². The summed E-state index contributed by atoms with van der Waals surface area (Å²) in [6.45, 7) is 3.06. The number of hydrogen-bond donors (Lipinski definition) is 2. The lowest BCUT2D eigenvalue weighted by Crippen LogP contribution is -2.04. The van der Waals surface area contributed by atoms with Crippen molar-refractivity contribution >= 4 is 5.82 Å². The van der Waals surface area contributed by atoms with Crippen molar-refractivity contribution in [1.29, 1.82) is 0 Å². The summed E-state index contributed by atoms with van der Waals surface area (Å²) in [6, 6.07) is 0. The number of aryl methyl sites for hydroxylation is 1. The highest BCUT2D eigenvalue weighted by atomic mass is 15.2. The first kappa shape index (κ1) is 7.65. The van der Waals surface area contributed by atoms with Crippen molar-refractivity contribution in [3.8, 4) is 0 Å². The molecule has 0 saturated carbocycles. The van der Waals surface area contributed by atoms with Crippen LogP contribution in [0.4, 0.5) is 5.82 Å². The second-order valence-corrected chi connectivity index (χ2v) is 3.27. The van der Waals surface area contributed by atoms with Crippen molar-refractivity contribution in [3.05, 3.63) is 11.3 Å². The van der Waals surface area contributed by atoms with Crippen molar-refractivity contribution in [2.24, 2.45) is 0 Å². The lowest BCUT2D eigenvalue weighted by Gasteiger charge is -2.10. The zero-order valence-electron chi connectivity index (χ0n) is 7.48. The maximum Gasteiger partial charge on any atom is 0.151 e. The minimum absolute atomic E-state index is 0.956. The van der Waals surface area contributed by atoms with Crippen LogP contribution in [0, 0.1) is 0 Å². The summed E-state index contributed by atoms with van der Waals surface area (Å²) in [5.74, 6) is 1.08. The quantitative estimate of drug-likeness (QED) is 0.700. The lowest BCUT2D eigenvalue weighted by molar-refractivity contribution is 0.675. The Balaban J connectivity index is 2.25. The molecule has 2 rings (SSSR count). The van der Waals surface area contributed by atoms with Gasteiger partial charge in [-0.3, -0.25) is 5.10 Å². The molecule has 12 heavy (non-hydrogen) atoms. The minimum Gasteiger partial charge on any atom is -0.369 e. The molecule has 1 aromatic rings. The fraction of sp³-hybridized carbons (Fsp3) is 0.667. The Bertz CT molecular complexity index is 265. The Hall–Kier alpha value is -0.990. The molecule has 0 radical (unpaired) electrons. The van der Waals surface area contributed by atoms with E-state index in [2.05, 4.69) is 22.4 Å². The number of nitrogens with one attached hydrogen (secondary N) is 2. The Morgan fingerprint density at radius 2 is 2.25 bits per heavy atom. The third-order valence-corrected chi connectivity index (χ3v) is 2.40. The van der Waals surface area contributed by atoms with Crippen molar-refractivity contribution in [2.75, 3.05) is 11.9 Å².